The van der Waals surface area contributed by atoms with Crippen LogP contribution in [0.5, 0.6) is 5.75 Å². The fourth-order valence-corrected chi connectivity index (χ4v) is 2.80. The SMILES string of the molecule is COC(=O)C1CC1.Cc1ccc(OCc2cc(C)nc3ccccc23)cc1.NO.[HH]. The van der Waals surface area contributed by atoms with Gasteiger partial charge in [-0.3, -0.25) is 9.78 Å². The predicted molar refractivity (Wildman–Crippen MR) is 115 cm³/mol. The highest BCUT2D eigenvalue weighted by molar-refractivity contribution is 5.82. The standard InChI is InChI=1S/C18H17NO.C5H8O2.H3NO.H2/c1-13-7-9-16(10-8-13)20-12-15-11-14(2)19-18-6-4-3-5-17(15)18;1-7-5(6)4-2-3-4;1-2;/h3-11H,12H2,1-2H3;4H,2-3H2,1H3;2H,1H2;1H. The molecule has 1 heterocycles. The number of rotatable bonds is 4. The van der Waals surface area contributed by atoms with Crippen LogP contribution in [-0.4, -0.2) is 23.3 Å². The van der Waals surface area contributed by atoms with Crippen molar-refractivity contribution in [3.05, 3.63) is 71.4 Å². The van der Waals surface area contributed by atoms with E-state index in [0.717, 1.165) is 35.2 Å². The number of hydrogen-bond acceptors (Lipinski definition) is 6. The van der Waals surface area contributed by atoms with Gasteiger partial charge in [0.15, 0.2) is 0 Å². The number of pyridine rings is 1. The van der Waals surface area contributed by atoms with Gasteiger partial charge < -0.3 is 14.7 Å². The van der Waals surface area contributed by atoms with E-state index in [0.29, 0.717) is 6.61 Å². The van der Waals surface area contributed by atoms with Crippen LogP contribution < -0.4 is 10.6 Å². The highest BCUT2D eigenvalue weighted by Gasteiger charge is 2.30. The van der Waals surface area contributed by atoms with Gasteiger partial charge in [0.2, 0.25) is 0 Å². The van der Waals surface area contributed by atoms with E-state index < -0.39 is 0 Å². The summed E-state index contributed by atoms with van der Waals surface area (Å²) in [5.41, 5.74) is 4.46. The van der Waals surface area contributed by atoms with Crippen molar-refractivity contribution in [1.29, 1.82) is 0 Å². The van der Waals surface area contributed by atoms with Crippen LogP contribution in [0, 0.1) is 19.8 Å². The average molecular weight is 399 g/mol. The first-order valence-corrected chi connectivity index (χ1v) is 9.45. The van der Waals surface area contributed by atoms with Crippen molar-refractivity contribution >= 4 is 16.9 Å². The lowest BCUT2D eigenvalue weighted by atomic mass is 10.1. The summed E-state index contributed by atoms with van der Waals surface area (Å²) in [5, 5.41) is 7.66. The molecule has 4 rings (SSSR count). The Morgan fingerprint density at radius 1 is 1.14 bits per heavy atom. The molecule has 1 aliphatic carbocycles. The van der Waals surface area contributed by atoms with Crippen molar-refractivity contribution in [3.8, 4) is 5.75 Å². The van der Waals surface area contributed by atoms with E-state index in [1.54, 1.807) is 0 Å². The number of benzene rings is 2. The second kappa shape index (κ2) is 11.1. The molecule has 0 spiro atoms. The van der Waals surface area contributed by atoms with Crippen molar-refractivity contribution in [1.82, 2.24) is 4.98 Å². The van der Waals surface area contributed by atoms with E-state index in [-0.39, 0.29) is 13.3 Å². The summed E-state index contributed by atoms with van der Waals surface area (Å²) in [6, 6.07) is 18.4. The monoisotopic (exact) mass is 398 g/mol. The molecule has 1 aliphatic rings. The molecule has 0 atom stereocenters. The van der Waals surface area contributed by atoms with E-state index in [9.17, 15) is 4.79 Å². The lowest BCUT2D eigenvalue weighted by Gasteiger charge is -2.10. The lowest BCUT2D eigenvalue weighted by molar-refractivity contribution is -0.142. The summed E-state index contributed by atoms with van der Waals surface area (Å²) < 4.78 is 10.3. The first kappa shape index (κ1) is 22.3. The fraction of sp³-hybridized carbons (Fsp3) is 0.304. The minimum Gasteiger partial charge on any atom is -0.489 e. The van der Waals surface area contributed by atoms with Gasteiger partial charge in [-0.1, -0.05) is 35.9 Å². The number of carbonyl (C=O) groups excluding carboxylic acids is 1. The molecule has 3 N–H and O–H groups in total. The quantitative estimate of drug-likeness (QED) is 0.493. The Kier molecular flexibility index (Phi) is 8.58. The minimum absolute atomic E-state index is 0. The molecular weight excluding hydrogens is 368 g/mol. The van der Waals surface area contributed by atoms with Crippen molar-refractivity contribution < 1.29 is 20.9 Å². The number of fused-ring (bicyclic) bond motifs is 1. The molecule has 2 aromatic carbocycles. The third kappa shape index (κ3) is 6.85. The van der Waals surface area contributed by atoms with Crippen LogP contribution in [0.15, 0.2) is 54.6 Å². The maximum absolute atomic E-state index is 10.4. The molecule has 0 amide bonds. The van der Waals surface area contributed by atoms with Crippen LogP contribution in [0.1, 0.15) is 31.1 Å². The van der Waals surface area contributed by atoms with Crippen LogP contribution in [0.4, 0.5) is 0 Å². The molecule has 0 radical (unpaired) electrons. The highest BCUT2D eigenvalue weighted by atomic mass is 16.5. The van der Waals surface area contributed by atoms with Gasteiger partial charge >= 0.3 is 5.97 Å². The molecule has 1 aromatic heterocycles. The largest absolute Gasteiger partial charge is 0.489 e. The van der Waals surface area contributed by atoms with Crippen molar-refractivity contribution in [2.24, 2.45) is 11.8 Å². The van der Waals surface area contributed by atoms with Crippen LogP contribution in [0.2, 0.25) is 0 Å². The number of nitrogens with zero attached hydrogens (tertiary/aromatic N) is 1. The van der Waals surface area contributed by atoms with Crippen LogP contribution in [-0.2, 0) is 16.1 Å². The van der Waals surface area contributed by atoms with E-state index >= 15 is 0 Å². The molecule has 6 heteroatoms. The second-order valence-electron chi connectivity index (χ2n) is 6.84. The Bertz CT molecular complexity index is 928. The molecule has 6 nitrogen and oxygen atoms in total. The number of nitrogens with two attached hydrogens (primary N) is 1. The molecule has 1 fully saturated rings. The smallest absolute Gasteiger partial charge is 0.308 e. The highest BCUT2D eigenvalue weighted by Crippen LogP contribution is 2.29. The predicted octanol–water partition coefficient (Wildman–Crippen LogP) is 4.58. The Morgan fingerprint density at radius 3 is 2.38 bits per heavy atom. The zero-order chi connectivity index (χ0) is 21.2. The lowest BCUT2D eigenvalue weighted by Crippen LogP contribution is -2.00. The summed E-state index contributed by atoms with van der Waals surface area (Å²) in [6.07, 6.45) is 2.07. The first-order chi connectivity index (χ1) is 14.1. The summed E-state index contributed by atoms with van der Waals surface area (Å²) in [5.74, 6) is 4.61. The molecule has 0 unspecified atom stereocenters. The maximum Gasteiger partial charge on any atom is 0.308 e. The number of esters is 1. The van der Waals surface area contributed by atoms with Gasteiger partial charge in [-0.2, -0.15) is 0 Å². The van der Waals surface area contributed by atoms with Gasteiger partial charge in [-0.25, -0.2) is 5.90 Å². The van der Waals surface area contributed by atoms with Crippen molar-refractivity contribution in [3.63, 3.8) is 0 Å². The van der Waals surface area contributed by atoms with Gasteiger partial charge in [0, 0.05) is 18.1 Å². The normalized spacial score (nSPS) is 12.2. The second-order valence-corrected chi connectivity index (χ2v) is 6.84. The van der Waals surface area contributed by atoms with Crippen LogP contribution in [0.25, 0.3) is 10.9 Å². The molecule has 29 heavy (non-hydrogen) atoms. The molecule has 0 saturated heterocycles. The molecule has 0 bridgehead atoms. The summed E-state index contributed by atoms with van der Waals surface area (Å²) in [6.45, 7) is 4.65. The van der Waals surface area contributed by atoms with Crippen LogP contribution in [0.3, 0.4) is 0 Å². The third-order valence-corrected chi connectivity index (χ3v) is 4.46. The van der Waals surface area contributed by atoms with Gasteiger partial charge in [-0.05, 0) is 51.0 Å². The number of ether oxygens (including phenoxy) is 2. The maximum atomic E-state index is 10.4. The fourth-order valence-electron chi connectivity index (χ4n) is 2.80. The summed E-state index contributed by atoms with van der Waals surface area (Å²) >= 11 is 0. The van der Waals surface area contributed by atoms with Gasteiger partial charge in [0.1, 0.15) is 12.4 Å². The average Bonchev–Trinajstić information content (AvgIpc) is 3.60. The topological polar surface area (TPSA) is 94.7 Å². The number of methoxy groups -OCH3 is 1. The van der Waals surface area contributed by atoms with E-state index in [4.69, 9.17) is 9.94 Å². The number of aromatic nitrogens is 1. The molecule has 1 saturated carbocycles. The van der Waals surface area contributed by atoms with E-state index in [1.807, 2.05) is 37.3 Å². The molecule has 0 aliphatic heterocycles. The van der Waals surface area contributed by atoms with Gasteiger partial charge in [0.25, 0.3) is 0 Å². The van der Waals surface area contributed by atoms with E-state index in [1.165, 1.54) is 18.2 Å². The van der Waals surface area contributed by atoms with Crippen LogP contribution >= 0.6 is 0 Å². The molecule has 156 valence electrons. The summed E-state index contributed by atoms with van der Waals surface area (Å²) in [7, 11) is 1.43. The Balaban J connectivity index is 0.000000381. The zero-order valence-corrected chi connectivity index (χ0v) is 17.1. The summed E-state index contributed by atoms with van der Waals surface area (Å²) in [4.78, 5) is 14.9. The number of aryl methyl sites for hydroxylation is 2. The number of carbonyl (C=O) groups is 1. The molecule has 3 aromatic rings. The molecular formula is C23H30N2O4. The van der Waals surface area contributed by atoms with Crippen molar-refractivity contribution in [2.45, 2.75) is 33.3 Å². The van der Waals surface area contributed by atoms with Crippen molar-refractivity contribution in [2.75, 3.05) is 7.11 Å². The Labute approximate surface area is 172 Å². The zero-order valence-electron chi connectivity index (χ0n) is 17.1. The minimum atomic E-state index is -0.0417. The van der Waals surface area contributed by atoms with Gasteiger partial charge in [0.05, 0.1) is 18.5 Å². The number of hydrogen-bond donors (Lipinski definition) is 2. The first-order valence-electron chi connectivity index (χ1n) is 9.45. The third-order valence-electron chi connectivity index (χ3n) is 4.46. The Hall–Kier alpha value is -2.96. The number of para-hydroxylation sites is 1. The van der Waals surface area contributed by atoms with Gasteiger partial charge in [-0.15, -0.1) is 0 Å². The van der Waals surface area contributed by atoms with E-state index in [2.05, 4.69) is 46.8 Å². The Morgan fingerprint density at radius 2 is 1.79 bits per heavy atom.